The number of unbranched alkanes of at least 4 members (excludes halogenated alkanes) is 2. The SMILES string of the molecule is CCCCN(CCCC)c1nc[nH]c(=O)c1I. The van der Waals surface area contributed by atoms with Gasteiger partial charge in [0.2, 0.25) is 0 Å². The summed E-state index contributed by atoms with van der Waals surface area (Å²) in [4.78, 5) is 20.7. The molecule has 0 aromatic carbocycles. The van der Waals surface area contributed by atoms with Crippen LogP contribution in [0.2, 0.25) is 0 Å². The maximum atomic E-state index is 11.6. The summed E-state index contributed by atoms with van der Waals surface area (Å²) < 4.78 is 0.692. The minimum Gasteiger partial charge on any atom is -0.356 e. The Labute approximate surface area is 116 Å². The second-order valence-electron chi connectivity index (χ2n) is 4.06. The number of hydrogen-bond acceptors (Lipinski definition) is 3. The third-order valence-corrected chi connectivity index (χ3v) is 3.61. The van der Waals surface area contributed by atoms with Gasteiger partial charge in [-0.2, -0.15) is 0 Å². The van der Waals surface area contributed by atoms with Gasteiger partial charge in [0.15, 0.2) is 0 Å². The van der Waals surface area contributed by atoms with Crippen LogP contribution in [0.3, 0.4) is 0 Å². The fraction of sp³-hybridized carbons (Fsp3) is 0.667. The summed E-state index contributed by atoms with van der Waals surface area (Å²) >= 11 is 2.08. The predicted octanol–water partition coefficient (Wildman–Crippen LogP) is 2.78. The van der Waals surface area contributed by atoms with Crippen LogP contribution in [0.5, 0.6) is 0 Å². The minimum absolute atomic E-state index is 0.0476. The lowest BCUT2D eigenvalue weighted by Crippen LogP contribution is -2.29. The number of halogens is 1. The molecule has 0 aliphatic carbocycles. The van der Waals surface area contributed by atoms with Gasteiger partial charge in [-0.3, -0.25) is 4.79 Å². The Morgan fingerprint density at radius 1 is 1.29 bits per heavy atom. The monoisotopic (exact) mass is 349 g/mol. The first kappa shape index (κ1) is 14.5. The lowest BCUT2D eigenvalue weighted by molar-refractivity contribution is 0.668. The largest absolute Gasteiger partial charge is 0.356 e. The highest BCUT2D eigenvalue weighted by atomic mass is 127. The van der Waals surface area contributed by atoms with Crippen molar-refractivity contribution in [3.63, 3.8) is 0 Å². The van der Waals surface area contributed by atoms with Crippen LogP contribution in [0.4, 0.5) is 5.82 Å². The second kappa shape index (κ2) is 7.68. The lowest BCUT2D eigenvalue weighted by atomic mass is 10.2. The molecular weight excluding hydrogens is 329 g/mol. The smallest absolute Gasteiger partial charge is 0.266 e. The first-order valence-electron chi connectivity index (χ1n) is 6.18. The molecule has 0 bridgehead atoms. The molecule has 0 saturated heterocycles. The molecule has 96 valence electrons. The fourth-order valence-electron chi connectivity index (χ4n) is 1.62. The number of aromatic nitrogens is 2. The van der Waals surface area contributed by atoms with Gasteiger partial charge in [-0.15, -0.1) is 0 Å². The van der Waals surface area contributed by atoms with E-state index in [1.165, 1.54) is 6.33 Å². The van der Waals surface area contributed by atoms with Gasteiger partial charge in [-0.05, 0) is 35.4 Å². The van der Waals surface area contributed by atoms with E-state index in [1.807, 2.05) is 0 Å². The molecule has 0 saturated carbocycles. The molecule has 1 aromatic heterocycles. The molecule has 0 spiro atoms. The first-order valence-corrected chi connectivity index (χ1v) is 7.26. The van der Waals surface area contributed by atoms with Crippen LogP contribution in [-0.4, -0.2) is 23.1 Å². The highest BCUT2D eigenvalue weighted by Gasteiger charge is 2.12. The van der Waals surface area contributed by atoms with E-state index in [0.717, 1.165) is 44.6 Å². The topological polar surface area (TPSA) is 49.0 Å². The average Bonchev–Trinajstić information content (AvgIpc) is 2.34. The second-order valence-corrected chi connectivity index (χ2v) is 5.14. The van der Waals surface area contributed by atoms with Crippen LogP contribution in [0.1, 0.15) is 39.5 Å². The van der Waals surface area contributed by atoms with Crippen molar-refractivity contribution in [1.29, 1.82) is 0 Å². The van der Waals surface area contributed by atoms with E-state index in [0.29, 0.717) is 3.57 Å². The van der Waals surface area contributed by atoms with Gasteiger partial charge in [-0.1, -0.05) is 26.7 Å². The Hall–Kier alpha value is -0.590. The van der Waals surface area contributed by atoms with Gasteiger partial charge in [0.05, 0.1) is 6.33 Å². The van der Waals surface area contributed by atoms with E-state index in [2.05, 4.69) is 51.3 Å². The van der Waals surface area contributed by atoms with Crippen LogP contribution in [0, 0.1) is 3.57 Å². The fourth-order valence-corrected chi connectivity index (χ4v) is 2.25. The number of anilines is 1. The quantitative estimate of drug-likeness (QED) is 0.770. The Morgan fingerprint density at radius 3 is 2.41 bits per heavy atom. The maximum absolute atomic E-state index is 11.6. The number of aromatic amines is 1. The van der Waals surface area contributed by atoms with Crippen LogP contribution < -0.4 is 10.5 Å². The zero-order valence-electron chi connectivity index (χ0n) is 10.5. The van der Waals surface area contributed by atoms with Gasteiger partial charge in [-0.25, -0.2) is 4.98 Å². The van der Waals surface area contributed by atoms with Gasteiger partial charge >= 0.3 is 0 Å². The van der Waals surface area contributed by atoms with Crippen molar-refractivity contribution < 1.29 is 0 Å². The molecule has 1 N–H and O–H groups in total. The van der Waals surface area contributed by atoms with Crippen molar-refractivity contribution in [3.8, 4) is 0 Å². The zero-order chi connectivity index (χ0) is 12.7. The molecule has 4 nitrogen and oxygen atoms in total. The van der Waals surface area contributed by atoms with Crippen molar-refractivity contribution in [1.82, 2.24) is 9.97 Å². The van der Waals surface area contributed by atoms with Gasteiger partial charge in [0, 0.05) is 13.1 Å². The molecule has 0 fully saturated rings. The summed E-state index contributed by atoms with van der Waals surface area (Å²) in [6.07, 6.45) is 6.07. The summed E-state index contributed by atoms with van der Waals surface area (Å²) in [5.74, 6) is 0.830. The summed E-state index contributed by atoms with van der Waals surface area (Å²) in [7, 11) is 0. The molecule has 0 unspecified atom stereocenters. The van der Waals surface area contributed by atoms with Gasteiger partial charge < -0.3 is 9.88 Å². The van der Waals surface area contributed by atoms with Crippen LogP contribution >= 0.6 is 22.6 Å². The van der Waals surface area contributed by atoms with Crippen LogP contribution in [0.25, 0.3) is 0 Å². The van der Waals surface area contributed by atoms with E-state index in [4.69, 9.17) is 0 Å². The number of nitrogens with zero attached hydrogens (tertiary/aromatic N) is 2. The van der Waals surface area contributed by atoms with E-state index in [9.17, 15) is 4.79 Å². The molecule has 1 rings (SSSR count). The molecule has 1 heterocycles. The molecule has 5 heteroatoms. The molecule has 0 radical (unpaired) electrons. The van der Waals surface area contributed by atoms with E-state index < -0.39 is 0 Å². The standard InChI is InChI=1S/C12H20IN3O/c1-3-5-7-16(8-6-4-2)11-10(13)12(17)15-9-14-11/h9H,3-8H2,1-2H3,(H,14,15,17). The lowest BCUT2D eigenvalue weighted by Gasteiger charge is -2.23. The number of H-pyrrole nitrogens is 1. The molecule has 0 atom stereocenters. The molecule has 0 aliphatic rings. The maximum Gasteiger partial charge on any atom is 0.266 e. The van der Waals surface area contributed by atoms with Crippen molar-refractivity contribution >= 4 is 28.4 Å². The van der Waals surface area contributed by atoms with Crippen LogP contribution in [0.15, 0.2) is 11.1 Å². The number of nitrogens with one attached hydrogen (secondary N) is 1. The minimum atomic E-state index is -0.0476. The summed E-state index contributed by atoms with van der Waals surface area (Å²) in [5.41, 5.74) is -0.0476. The highest BCUT2D eigenvalue weighted by molar-refractivity contribution is 14.1. The Bertz CT molecular complexity index is 384. The third kappa shape index (κ3) is 4.29. The predicted molar refractivity (Wildman–Crippen MR) is 79.6 cm³/mol. The van der Waals surface area contributed by atoms with Crippen molar-refractivity contribution in [3.05, 3.63) is 20.3 Å². The third-order valence-electron chi connectivity index (χ3n) is 2.64. The molecule has 0 amide bonds. The van der Waals surface area contributed by atoms with Gasteiger partial charge in [0.1, 0.15) is 9.39 Å². The normalized spacial score (nSPS) is 10.5. The Morgan fingerprint density at radius 2 is 1.88 bits per heavy atom. The highest BCUT2D eigenvalue weighted by Crippen LogP contribution is 2.16. The summed E-state index contributed by atoms with van der Waals surface area (Å²) in [6.45, 7) is 6.30. The first-order chi connectivity index (χ1) is 8.20. The van der Waals surface area contributed by atoms with Crippen molar-refractivity contribution in [2.75, 3.05) is 18.0 Å². The van der Waals surface area contributed by atoms with Crippen molar-refractivity contribution in [2.24, 2.45) is 0 Å². The molecule has 17 heavy (non-hydrogen) atoms. The Balaban J connectivity index is 2.86. The van der Waals surface area contributed by atoms with Gasteiger partial charge in [0.25, 0.3) is 5.56 Å². The number of rotatable bonds is 7. The van der Waals surface area contributed by atoms with Crippen molar-refractivity contribution in [2.45, 2.75) is 39.5 Å². The zero-order valence-corrected chi connectivity index (χ0v) is 12.7. The van der Waals surface area contributed by atoms with E-state index >= 15 is 0 Å². The Kier molecular flexibility index (Phi) is 6.54. The molecular formula is C12H20IN3O. The van der Waals surface area contributed by atoms with E-state index in [-0.39, 0.29) is 5.56 Å². The van der Waals surface area contributed by atoms with Crippen LogP contribution in [-0.2, 0) is 0 Å². The van der Waals surface area contributed by atoms with E-state index in [1.54, 1.807) is 0 Å². The molecule has 1 aromatic rings. The number of hydrogen-bond donors (Lipinski definition) is 1. The molecule has 0 aliphatic heterocycles. The summed E-state index contributed by atoms with van der Waals surface area (Å²) in [5, 5.41) is 0. The summed E-state index contributed by atoms with van der Waals surface area (Å²) in [6, 6.07) is 0. The average molecular weight is 349 g/mol.